The van der Waals surface area contributed by atoms with Crippen LogP contribution in [0.3, 0.4) is 0 Å². The zero-order valence-corrected chi connectivity index (χ0v) is 16.2. The first-order valence-corrected chi connectivity index (χ1v) is 9.62. The number of ether oxygens (including phenoxy) is 1. The quantitative estimate of drug-likeness (QED) is 0.637. The number of hydrogen-bond donors (Lipinski definition) is 0. The number of hydrogen-bond acceptors (Lipinski definition) is 6. The Balaban J connectivity index is 1.35. The van der Waals surface area contributed by atoms with Gasteiger partial charge in [-0.15, -0.1) is 0 Å². The first-order valence-electron chi connectivity index (χ1n) is 9.62. The number of carbonyl (C=O) groups is 2. The molecular formula is C22H22N4O3. The van der Waals surface area contributed by atoms with Crippen molar-refractivity contribution in [3.63, 3.8) is 0 Å². The molecule has 1 aliphatic heterocycles. The highest BCUT2D eigenvalue weighted by atomic mass is 16.5. The Morgan fingerprint density at radius 1 is 0.931 bits per heavy atom. The van der Waals surface area contributed by atoms with Crippen molar-refractivity contribution in [3.8, 4) is 0 Å². The molecule has 1 aromatic heterocycles. The van der Waals surface area contributed by atoms with E-state index in [9.17, 15) is 9.59 Å². The Morgan fingerprint density at radius 3 is 2.34 bits per heavy atom. The molecule has 2 aromatic carbocycles. The van der Waals surface area contributed by atoms with Gasteiger partial charge in [-0.25, -0.2) is 4.79 Å². The summed E-state index contributed by atoms with van der Waals surface area (Å²) >= 11 is 0. The fourth-order valence-electron chi connectivity index (χ4n) is 3.45. The maximum atomic E-state index is 12.7. The fraction of sp³-hybridized carbons (Fsp3) is 0.273. The molecule has 0 N–H and O–H groups in total. The summed E-state index contributed by atoms with van der Waals surface area (Å²) in [6.45, 7) is 4.31. The Labute approximate surface area is 168 Å². The molecule has 29 heavy (non-hydrogen) atoms. The monoisotopic (exact) mass is 390 g/mol. The summed E-state index contributed by atoms with van der Waals surface area (Å²) in [6, 6.07) is 15.1. The van der Waals surface area contributed by atoms with Crippen LogP contribution in [0.15, 0.2) is 60.9 Å². The van der Waals surface area contributed by atoms with Gasteiger partial charge in [0.25, 0.3) is 5.91 Å². The van der Waals surface area contributed by atoms with Gasteiger partial charge in [0.2, 0.25) is 0 Å². The third kappa shape index (κ3) is 4.18. The van der Waals surface area contributed by atoms with Gasteiger partial charge in [0.05, 0.1) is 16.6 Å². The lowest BCUT2D eigenvalue weighted by atomic mass is 10.2. The van der Waals surface area contributed by atoms with Crippen molar-refractivity contribution >= 4 is 28.6 Å². The van der Waals surface area contributed by atoms with E-state index in [2.05, 4.69) is 27.0 Å². The van der Waals surface area contributed by atoms with Gasteiger partial charge in [-0.05, 0) is 37.3 Å². The lowest BCUT2D eigenvalue weighted by Gasteiger charge is -2.37. The van der Waals surface area contributed by atoms with Crippen LogP contribution in [0.4, 0.5) is 5.69 Å². The molecule has 3 aromatic rings. The van der Waals surface area contributed by atoms with E-state index in [1.54, 1.807) is 42.4 Å². The number of para-hydroxylation sites is 1. The molecule has 0 aliphatic carbocycles. The predicted octanol–water partition coefficient (Wildman–Crippen LogP) is 2.52. The van der Waals surface area contributed by atoms with E-state index < -0.39 is 12.1 Å². The average molecular weight is 390 g/mol. The van der Waals surface area contributed by atoms with Gasteiger partial charge in [0, 0.05) is 44.3 Å². The first-order chi connectivity index (χ1) is 14.1. The Morgan fingerprint density at radius 2 is 1.62 bits per heavy atom. The van der Waals surface area contributed by atoms with Gasteiger partial charge in [-0.2, -0.15) is 0 Å². The van der Waals surface area contributed by atoms with Crippen LogP contribution in [0.5, 0.6) is 0 Å². The number of aromatic nitrogens is 2. The van der Waals surface area contributed by atoms with Crippen molar-refractivity contribution in [2.75, 3.05) is 31.1 Å². The van der Waals surface area contributed by atoms with E-state index in [-0.39, 0.29) is 5.91 Å². The summed E-state index contributed by atoms with van der Waals surface area (Å²) in [6.07, 6.45) is 2.32. The minimum absolute atomic E-state index is 0.174. The topological polar surface area (TPSA) is 75.6 Å². The number of piperazine rings is 1. The first kappa shape index (κ1) is 18.9. The highest BCUT2D eigenvalue weighted by Gasteiger charge is 2.27. The third-order valence-corrected chi connectivity index (χ3v) is 5.05. The zero-order valence-electron chi connectivity index (χ0n) is 16.2. The van der Waals surface area contributed by atoms with Crippen LogP contribution in [-0.4, -0.2) is 59.0 Å². The minimum Gasteiger partial charge on any atom is -0.449 e. The average Bonchev–Trinajstić information content (AvgIpc) is 2.79. The van der Waals surface area contributed by atoms with Gasteiger partial charge in [-0.3, -0.25) is 14.8 Å². The second kappa shape index (κ2) is 8.26. The normalized spacial score (nSPS) is 15.2. The maximum Gasteiger partial charge on any atom is 0.338 e. The van der Waals surface area contributed by atoms with Gasteiger partial charge in [0.1, 0.15) is 0 Å². The van der Waals surface area contributed by atoms with E-state index >= 15 is 0 Å². The summed E-state index contributed by atoms with van der Waals surface area (Å²) in [4.78, 5) is 37.6. The lowest BCUT2D eigenvalue weighted by Crippen LogP contribution is -2.51. The van der Waals surface area contributed by atoms with E-state index in [4.69, 9.17) is 4.74 Å². The van der Waals surface area contributed by atoms with Gasteiger partial charge in [-0.1, -0.05) is 18.2 Å². The Hall–Kier alpha value is -3.48. The molecular weight excluding hydrogens is 368 g/mol. The van der Waals surface area contributed by atoms with Crippen LogP contribution in [-0.2, 0) is 9.53 Å². The van der Waals surface area contributed by atoms with E-state index in [0.29, 0.717) is 29.7 Å². The molecule has 0 radical (unpaired) electrons. The van der Waals surface area contributed by atoms with E-state index in [1.165, 1.54) is 0 Å². The molecule has 4 rings (SSSR count). The minimum atomic E-state index is -0.844. The summed E-state index contributed by atoms with van der Waals surface area (Å²) < 4.78 is 5.42. The smallest absolute Gasteiger partial charge is 0.338 e. The molecule has 0 saturated carbocycles. The molecule has 1 aliphatic rings. The number of nitrogens with zero attached hydrogens (tertiary/aromatic N) is 4. The van der Waals surface area contributed by atoms with Crippen molar-refractivity contribution in [1.82, 2.24) is 14.9 Å². The van der Waals surface area contributed by atoms with Crippen LogP contribution in [0, 0.1) is 0 Å². The van der Waals surface area contributed by atoms with Crippen LogP contribution in [0.1, 0.15) is 17.3 Å². The fourth-order valence-corrected chi connectivity index (χ4v) is 3.45. The second-order valence-corrected chi connectivity index (χ2v) is 6.96. The molecule has 7 nitrogen and oxygen atoms in total. The van der Waals surface area contributed by atoms with Crippen LogP contribution in [0.2, 0.25) is 0 Å². The van der Waals surface area contributed by atoms with Crippen molar-refractivity contribution in [3.05, 3.63) is 66.5 Å². The number of amides is 1. The number of rotatable bonds is 4. The molecule has 1 saturated heterocycles. The highest BCUT2D eigenvalue weighted by Crippen LogP contribution is 2.17. The van der Waals surface area contributed by atoms with E-state index in [1.807, 2.05) is 18.2 Å². The molecule has 2 heterocycles. The number of esters is 1. The Bertz CT molecular complexity index is 1020. The molecule has 1 atom stereocenters. The number of benzene rings is 2. The van der Waals surface area contributed by atoms with Gasteiger partial charge < -0.3 is 14.5 Å². The highest BCUT2D eigenvalue weighted by molar-refractivity contribution is 5.95. The van der Waals surface area contributed by atoms with E-state index in [0.717, 1.165) is 18.8 Å². The van der Waals surface area contributed by atoms with Crippen molar-refractivity contribution < 1.29 is 14.3 Å². The number of carbonyl (C=O) groups excluding carboxylic acids is 2. The summed E-state index contributed by atoms with van der Waals surface area (Å²) in [7, 11) is 0. The van der Waals surface area contributed by atoms with Crippen LogP contribution < -0.4 is 4.90 Å². The molecule has 0 unspecified atom stereocenters. The molecule has 0 spiro atoms. The van der Waals surface area contributed by atoms with Crippen LogP contribution in [0.25, 0.3) is 11.0 Å². The maximum absolute atomic E-state index is 12.7. The van der Waals surface area contributed by atoms with Crippen molar-refractivity contribution in [2.24, 2.45) is 0 Å². The van der Waals surface area contributed by atoms with Crippen LogP contribution >= 0.6 is 0 Å². The lowest BCUT2D eigenvalue weighted by molar-refractivity contribution is -0.140. The molecule has 0 bridgehead atoms. The van der Waals surface area contributed by atoms with Crippen molar-refractivity contribution in [2.45, 2.75) is 13.0 Å². The van der Waals surface area contributed by atoms with Gasteiger partial charge in [0.15, 0.2) is 6.10 Å². The molecule has 1 amide bonds. The summed E-state index contributed by atoms with van der Waals surface area (Å²) in [5.41, 5.74) is 2.81. The SMILES string of the molecule is C[C@@H](OC(=O)c1ccc2nccnc2c1)C(=O)N1CCN(c2ccccc2)CC1. The second-order valence-electron chi connectivity index (χ2n) is 6.96. The molecule has 148 valence electrons. The summed E-state index contributed by atoms with van der Waals surface area (Å²) in [5.74, 6) is -0.715. The molecule has 7 heteroatoms. The number of fused-ring (bicyclic) bond motifs is 1. The largest absolute Gasteiger partial charge is 0.449 e. The van der Waals surface area contributed by atoms with Gasteiger partial charge >= 0.3 is 5.97 Å². The Kier molecular flexibility index (Phi) is 5.37. The number of anilines is 1. The molecule has 1 fully saturated rings. The third-order valence-electron chi connectivity index (χ3n) is 5.05. The summed E-state index contributed by atoms with van der Waals surface area (Å²) in [5, 5.41) is 0. The zero-order chi connectivity index (χ0) is 20.2. The van der Waals surface area contributed by atoms with Crippen molar-refractivity contribution in [1.29, 1.82) is 0 Å². The predicted molar refractivity (Wildman–Crippen MR) is 110 cm³/mol. The standard InChI is InChI=1S/C22H22N4O3/c1-16(29-22(28)17-7-8-19-20(15-17)24-10-9-23-19)21(27)26-13-11-25(12-14-26)18-5-3-2-4-6-18/h2-10,15-16H,11-14H2,1H3/t16-/m1/s1.